The molecule has 0 aromatic rings. The van der Waals surface area contributed by atoms with Crippen LogP contribution in [0.2, 0.25) is 0 Å². The summed E-state index contributed by atoms with van der Waals surface area (Å²) in [6, 6.07) is 0. The van der Waals surface area contributed by atoms with Gasteiger partial charge in [0.05, 0.1) is 38.3 Å². The zero-order valence-electron chi connectivity index (χ0n) is 13.4. The Morgan fingerprint density at radius 1 is 0.739 bits per heavy atom. The predicted octanol–water partition coefficient (Wildman–Crippen LogP) is -1.65. The highest BCUT2D eigenvalue weighted by Crippen LogP contribution is 1.98. The molecule has 136 valence electrons. The molecule has 9 nitrogen and oxygen atoms in total. The van der Waals surface area contributed by atoms with Crippen LogP contribution in [0.15, 0.2) is 0 Å². The Bertz CT molecular complexity index is 311. The average molecular weight is 338 g/mol. The maximum Gasteiger partial charge on any atom is 0.308 e. The van der Waals surface area contributed by atoms with Gasteiger partial charge in [-0.1, -0.05) is 0 Å². The van der Waals surface area contributed by atoms with Crippen molar-refractivity contribution in [3.8, 4) is 0 Å². The third-order valence-corrected chi connectivity index (χ3v) is 2.42. The minimum atomic E-state index is -1.07. The van der Waals surface area contributed by atoms with E-state index in [1.165, 1.54) is 13.8 Å². The molecule has 0 amide bonds. The van der Waals surface area contributed by atoms with E-state index in [-0.39, 0.29) is 39.3 Å². The Morgan fingerprint density at radius 2 is 1.09 bits per heavy atom. The highest BCUT2D eigenvalue weighted by atomic mass is 16.6. The quantitative estimate of drug-likeness (QED) is 0.308. The highest BCUT2D eigenvalue weighted by Gasteiger charge is 2.14. The molecular formula is C14H26O9. The average Bonchev–Trinajstić information content (AvgIpc) is 2.41. The van der Waals surface area contributed by atoms with Gasteiger partial charge in [-0.05, 0) is 13.8 Å². The molecule has 4 unspecified atom stereocenters. The third-order valence-electron chi connectivity index (χ3n) is 2.42. The summed E-state index contributed by atoms with van der Waals surface area (Å²) in [4.78, 5) is 22.2. The van der Waals surface area contributed by atoms with Gasteiger partial charge in [0.2, 0.25) is 0 Å². The Kier molecular flexibility index (Phi) is 11.5. The first-order chi connectivity index (χ1) is 10.7. The van der Waals surface area contributed by atoms with Gasteiger partial charge in [-0.3, -0.25) is 9.59 Å². The van der Waals surface area contributed by atoms with Crippen molar-refractivity contribution in [3.63, 3.8) is 0 Å². The van der Waals surface area contributed by atoms with Crippen molar-refractivity contribution in [1.82, 2.24) is 0 Å². The number of esters is 2. The van der Waals surface area contributed by atoms with Crippen LogP contribution < -0.4 is 0 Å². The Labute approximate surface area is 134 Å². The molecule has 0 aromatic heterocycles. The number of carbonyl (C=O) groups excluding carboxylic acids is 2. The van der Waals surface area contributed by atoms with Gasteiger partial charge >= 0.3 is 11.9 Å². The fourth-order valence-corrected chi connectivity index (χ4v) is 1.41. The monoisotopic (exact) mass is 338 g/mol. The van der Waals surface area contributed by atoms with Crippen LogP contribution in [0.1, 0.15) is 26.7 Å². The molecule has 0 aliphatic heterocycles. The summed E-state index contributed by atoms with van der Waals surface area (Å²) in [5.74, 6) is -1.27. The number of aliphatic hydroxyl groups excluding tert-OH is 4. The highest BCUT2D eigenvalue weighted by molar-refractivity contribution is 5.70. The van der Waals surface area contributed by atoms with Crippen LogP contribution in [0, 0.1) is 0 Å². The molecule has 4 N–H and O–H groups in total. The Hall–Kier alpha value is -1.26. The second-order valence-corrected chi connectivity index (χ2v) is 5.32. The van der Waals surface area contributed by atoms with Crippen LogP contribution in [0.25, 0.3) is 0 Å². The lowest BCUT2D eigenvalue weighted by molar-refractivity contribution is -0.151. The number of hydrogen-bond acceptors (Lipinski definition) is 9. The van der Waals surface area contributed by atoms with Gasteiger partial charge in [0.15, 0.2) is 0 Å². The molecular weight excluding hydrogens is 312 g/mol. The fraction of sp³-hybridized carbons (Fsp3) is 0.857. The van der Waals surface area contributed by atoms with E-state index in [0.717, 1.165) is 0 Å². The molecule has 9 heteroatoms. The van der Waals surface area contributed by atoms with Gasteiger partial charge in [-0.25, -0.2) is 0 Å². The standard InChI is InChI=1S/C14H26O9/c1-9(15)3-13(19)22-7-11(17)5-21-6-12(18)8-23-14(20)4-10(2)16/h9-12,15-18H,3-8H2,1-2H3. The van der Waals surface area contributed by atoms with Crippen LogP contribution >= 0.6 is 0 Å². The summed E-state index contributed by atoms with van der Waals surface area (Å²) < 4.78 is 14.4. The SMILES string of the molecule is CC(O)CC(=O)OCC(O)COCC(O)COC(=O)CC(C)O. The molecule has 0 saturated carbocycles. The van der Waals surface area contributed by atoms with Gasteiger partial charge in [0.25, 0.3) is 0 Å². The molecule has 0 aliphatic carbocycles. The van der Waals surface area contributed by atoms with E-state index in [2.05, 4.69) is 0 Å². The topological polar surface area (TPSA) is 143 Å². The summed E-state index contributed by atoms with van der Waals surface area (Å²) in [7, 11) is 0. The summed E-state index contributed by atoms with van der Waals surface area (Å²) >= 11 is 0. The van der Waals surface area contributed by atoms with E-state index < -0.39 is 36.4 Å². The van der Waals surface area contributed by atoms with Crippen molar-refractivity contribution in [3.05, 3.63) is 0 Å². The van der Waals surface area contributed by atoms with Gasteiger partial charge in [0, 0.05) is 0 Å². The van der Waals surface area contributed by atoms with Crippen LogP contribution in [0.3, 0.4) is 0 Å². The first kappa shape index (κ1) is 21.7. The van der Waals surface area contributed by atoms with E-state index in [9.17, 15) is 19.8 Å². The zero-order chi connectivity index (χ0) is 17.8. The van der Waals surface area contributed by atoms with Crippen molar-refractivity contribution in [2.75, 3.05) is 26.4 Å². The maximum atomic E-state index is 11.1. The minimum absolute atomic E-state index is 0.163. The fourth-order valence-electron chi connectivity index (χ4n) is 1.41. The van der Waals surface area contributed by atoms with Gasteiger partial charge in [-0.2, -0.15) is 0 Å². The van der Waals surface area contributed by atoms with Crippen LogP contribution in [-0.2, 0) is 23.8 Å². The van der Waals surface area contributed by atoms with Crippen molar-refractivity contribution in [1.29, 1.82) is 0 Å². The molecule has 0 spiro atoms. The zero-order valence-corrected chi connectivity index (χ0v) is 13.4. The van der Waals surface area contributed by atoms with Crippen LogP contribution in [-0.4, -0.2) is 83.2 Å². The number of carbonyl (C=O) groups is 2. The van der Waals surface area contributed by atoms with Crippen molar-refractivity contribution >= 4 is 11.9 Å². The van der Waals surface area contributed by atoms with Crippen molar-refractivity contribution in [2.45, 2.75) is 51.1 Å². The van der Waals surface area contributed by atoms with Crippen molar-refractivity contribution < 1.29 is 44.2 Å². The molecule has 0 aliphatic rings. The molecule has 0 radical (unpaired) electrons. The van der Waals surface area contributed by atoms with Gasteiger partial charge < -0.3 is 34.6 Å². The van der Waals surface area contributed by atoms with Gasteiger partial charge in [-0.15, -0.1) is 0 Å². The van der Waals surface area contributed by atoms with E-state index in [1.54, 1.807) is 0 Å². The normalized spacial score (nSPS) is 16.3. The van der Waals surface area contributed by atoms with E-state index in [1.807, 2.05) is 0 Å². The smallest absolute Gasteiger partial charge is 0.308 e. The lowest BCUT2D eigenvalue weighted by atomic mass is 10.3. The van der Waals surface area contributed by atoms with E-state index >= 15 is 0 Å². The molecule has 0 saturated heterocycles. The first-order valence-corrected chi connectivity index (χ1v) is 7.32. The van der Waals surface area contributed by atoms with Crippen LogP contribution in [0.5, 0.6) is 0 Å². The van der Waals surface area contributed by atoms with Gasteiger partial charge in [0.1, 0.15) is 25.4 Å². The summed E-state index contributed by atoms with van der Waals surface area (Å²) in [5, 5.41) is 36.9. The number of rotatable bonds is 12. The molecule has 0 aromatic carbocycles. The molecule has 4 atom stereocenters. The lowest BCUT2D eigenvalue weighted by Gasteiger charge is -2.15. The first-order valence-electron chi connectivity index (χ1n) is 7.32. The largest absolute Gasteiger partial charge is 0.463 e. The molecule has 0 rings (SSSR count). The Balaban J connectivity index is 3.68. The molecule has 0 bridgehead atoms. The molecule has 0 fully saturated rings. The second-order valence-electron chi connectivity index (χ2n) is 5.32. The predicted molar refractivity (Wildman–Crippen MR) is 77.3 cm³/mol. The Morgan fingerprint density at radius 3 is 1.39 bits per heavy atom. The van der Waals surface area contributed by atoms with Crippen LogP contribution in [0.4, 0.5) is 0 Å². The molecule has 23 heavy (non-hydrogen) atoms. The number of aliphatic hydroxyl groups is 4. The van der Waals surface area contributed by atoms with E-state index in [4.69, 9.17) is 24.4 Å². The molecule has 0 heterocycles. The number of ether oxygens (including phenoxy) is 3. The number of hydrogen-bond donors (Lipinski definition) is 4. The third kappa shape index (κ3) is 14.1. The minimum Gasteiger partial charge on any atom is -0.463 e. The maximum absolute atomic E-state index is 11.1. The summed E-state index contributed by atoms with van der Waals surface area (Å²) in [6.07, 6.45) is -4.10. The summed E-state index contributed by atoms with van der Waals surface area (Å²) in [5.41, 5.74) is 0. The van der Waals surface area contributed by atoms with E-state index in [0.29, 0.717) is 0 Å². The second kappa shape index (κ2) is 12.2. The summed E-state index contributed by atoms with van der Waals surface area (Å²) in [6.45, 7) is 1.95. The van der Waals surface area contributed by atoms with Crippen molar-refractivity contribution in [2.24, 2.45) is 0 Å². The lowest BCUT2D eigenvalue weighted by Crippen LogP contribution is -2.29.